The molecule has 0 aromatic heterocycles. The SMILES string of the molecule is CO[C@@H]1[C@H](O)COC2(CC2)[C@@H]1OC. The quantitative estimate of drug-likeness (QED) is 0.659. The van der Waals surface area contributed by atoms with Gasteiger partial charge in [0.15, 0.2) is 0 Å². The standard InChI is InChI=1S/C9H16O4/c1-11-7-6(10)5-13-9(3-4-9)8(7)12-2/h6-8,10H,3-5H2,1-2H3/t6-,7-,8-/m1/s1. The van der Waals surface area contributed by atoms with Crippen molar-refractivity contribution in [1.82, 2.24) is 0 Å². The zero-order valence-corrected chi connectivity index (χ0v) is 8.03. The van der Waals surface area contributed by atoms with Crippen LogP contribution in [-0.4, -0.2) is 49.8 Å². The number of methoxy groups -OCH3 is 2. The Kier molecular flexibility index (Phi) is 2.32. The first-order chi connectivity index (χ1) is 6.23. The molecule has 13 heavy (non-hydrogen) atoms. The van der Waals surface area contributed by atoms with E-state index >= 15 is 0 Å². The number of aliphatic hydroxyl groups excluding tert-OH is 1. The minimum Gasteiger partial charge on any atom is -0.388 e. The Morgan fingerprint density at radius 2 is 2.00 bits per heavy atom. The van der Waals surface area contributed by atoms with Crippen molar-refractivity contribution in [2.45, 2.75) is 36.8 Å². The Labute approximate surface area is 77.8 Å². The summed E-state index contributed by atoms with van der Waals surface area (Å²) in [5, 5.41) is 9.60. The van der Waals surface area contributed by atoms with Gasteiger partial charge in [-0.3, -0.25) is 0 Å². The second-order valence-electron chi connectivity index (χ2n) is 3.80. The van der Waals surface area contributed by atoms with E-state index in [2.05, 4.69) is 0 Å². The zero-order chi connectivity index (χ0) is 9.47. The van der Waals surface area contributed by atoms with Crippen molar-refractivity contribution in [3.63, 3.8) is 0 Å². The molecule has 2 aliphatic rings. The van der Waals surface area contributed by atoms with E-state index < -0.39 is 6.10 Å². The van der Waals surface area contributed by atoms with Gasteiger partial charge in [-0.15, -0.1) is 0 Å². The third-order valence-corrected chi connectivity index (χ3v) is 3.01. The smallest absolute Gasteiger partial charge is 0.115 e. The molecule has 1 saturated heterocycles. The summed E-state index contributed by atoms with van der Waals surface area (Å²) in [5.74, 6) is 0. The van der Waals surface area contributed by atoms with Crippen LogP contribution in [-0.2, 0) is 14.2 Å². The van der Waals surface area contributed by atoms with Gasteiger partial charge in [-0.05, 0) is 12.8 Å². The van der Waals surface area contributed by atoms with E-state index in [4.69, 9.17) is 14.2 Å². The van der Waals surface area contributed by atoms with Gasteiger partial charge in [0.25, 0.3) is 0 Å². The van der Waals surface area contributed by atoms with Crippen LogP contribution < -0.4 is 0 Å². The first-order valence-electron chi connectivity index (χ1n) is 4.61. The maximum atomic E-state index is 9.60. The van der Waals surface area contributed by atoms with Gasteiger partial charge >= 0.3 is 0 Å². The number of rotatable bonds is 2. The van der Waals surface area contributed by atoms with Gasteiger partial charge in [0.1, 0.15) is 18.3 Å². The molecule has 1 aliphatic heterocycles. The van der Waals surface area contributed by atoms with E-state index in [9.17, 15) is 5.11 Å². The molecular weight excluding hydrogens is 172 g/mol. The fourth-order valence-corrected chi connectivity index (χ4v) is 2.11. The van der Waals surface area contributed by atoms with Crippen LogP contribution in [0.4, 0.5) is 0 Å². The topological polar surface area (TPSA) is 47.9 Å². The molecule has 0 aromatic rings. The molecule has 4 heteroatoms. The fraction of sp³-hybridized carbons (Fsp3) is 1.00. The van der Waals surface area contributed by atoms with Crippen LogP contribution >= 0.6 is 0 Å². The van der Waals surface area contributed by atoms with Crippen LogP contribution in [0.3, 0.4) is 0 Å². The lowest BCUT2D eigenvalue weighted by atomic mass is 9.98. The monoisotopic (exact) mass is 188 g/mol. The molecule has 1 saturated carbocycles. The summed E-state index contributed by atoms with van der Waals surface area (Å²) in [6, 6.07) is 0. The summed E-state index contributed by atoms with van der Waals surface area (Å²) in [5.41, 5.74) is -0.158. The van der Waals surface area contributed by atoms with E-state index in [-0.39, 0.29) is 17.8 Å². The largest absolute Gasteiger partial charge is 0.388 e. The zero-order valence-electron chi connectivity index (χ0n) is 8.03. The highest BCUT2D eigenvalue weighted by molar-refractivity contribution is 5.09. The number of aliphatic hydroxyl groups is 1. The highest BCUT2D eigenvalue weighted by Gasteiger charge is 2.58. The Morgan fingerprint density at radius 3 is 2.46 bits per heavy atom. The second kappa shape index (κ2) is 3.20. The van der Waals surface area contributed by atoms with Gasteiger partial charge in [-0.25, -0.2) is 0 Å². The van der Waals surface area contributed by atoms with Crippen LogP contribution in [0.1, 0.15) is 12.8 Å². The van der Waals surface area contributed by atoms with Crippen molar-refractivity contribution >= 4 is 0 Å². The van der Waals surface area contributed by atoms with Crippen molar-refractivity contribution in [3.05, 3.63) is 0 Å². The summed E-state index contributed by atoms with van der Waals surface area (Å²) >= 11 is 0. The van der Waals surface area contributed by atoms with Crippen LogP contribution in [0, 0.1) is 0 Å². The predicted molar refractivity (Wildman–Crippen MR) is 45.5 cm³/mol. The lowest BCUT2D eigenvalue weighted by Gasteiger charge is -2.39. The average Bonchev–Trinajstić information content (AvgIpc) is 2.90. The van der Waals surface area contributed by atoms with E-state index in [1.165, 1.54) is 0 Å². The molecule has 0 aromatic carbocycles. The highest BCUT2D eigenvalue weighted by Crippen LogP contribution is 2.48. The van der Waals surface area contributed by atoms with Crippen molar-refractivity contribution in [1.29, 1.82) is 0 Å². The summed E-state index contributed by atoms with van der Waals surface area (Å²) < 4.78 is 16.1. The van der Waals surface area contributed by atoms with Crippen molar-refractivity contribution in [2.75, 3.05) is 20.8 Å². The van der Waals surface area contributed by atoms with Gasteiger partial charge in [-0.1, -0.05) is 0 Å². The minimum atomic E-state index is -0.568. The number of ether oxygens (including phenoxy) is 3. The van der Waals surface area contributed by atoms with Crippen molar-refractivity contribution in [3.8, 4) is 0 Å². The number of hydrogen-bond donors (Lipinski definition) is 1. The second-order valence-corrected chi connectivity index (χ2v) is 3.80. The lowest BCUT2D eigenvalue weighted by Crippen LogP contribution is -2.55. The molecule has 3 atom stereocenters. The molecule has 0 amide bonds. The third-order valence-electron chi connectivity index (χ3n) is 3.01. The molecule has 1 aliphatic carbocycles. The molecule has 2 rings (SSSR count). The van der Waals surface area contributed by atoms with Gasteiger partial charge in [0.2, 0.25) is 0 Å². The molecule has 2 fully saturated rings. The van der Waals surface area contributed by atoms with Gasteiger partial charge in [0, 0.05) is 14.2 Å². The Balaban J connectivity index is 2.12. The number of hydrogen-bond acceptors (Lipinski definition) is 4. The summed E-state index contributed by atoms with van der Waals surface area (Å²) in [6.07, 6.45) is 1.08. The van der Waals surface area contributed by atoms with E-state index in [1.54, 1.807) is 14.2 Å². The normalized spacial score (nSPS) is 42.2. The van der Waals surface area contributed by atoms with Crippen LogP contribution in [0.25, 0.3) is 0 Å². The molecule has 1 heterocycles. The van der Waals surface area contributed by atoms with Gasteiger partial charge in [-0.2, -0.15) is 0 Å². The van der Waals surface area contributed by atoms with Crippen LogP contribution in [0.2, 0.25) is 0 Å². The Bertz CT molecular complexity index is 190. The predicted octanol–water partition coefficient (Wildman–Crippen LogP) is -0.0599. The summed E-state index contributed by atoms with van der Waals surface area (Å²) in [7, 11) is 3.24. The maximum Gasteiger partial charge on any atom is 0.115 e. The van der Waals surface area contributed by atoms with Crippen molar-refractivity contribution < 1.29 is 19.3 Å². The molecule has 0 unspecified atom stereocenters. The minimum absolute atomic E-state index is 0.124. The molecule has 1 N–H and O–H groups in total. The van der Waals surface area contributed by atoms with E-state index in [1.807, 2.05) is 0 Å². The molecule has 0 radical (unpaired) electrons. The Morgan fingerprint density at radius 1 is 1.31 bits per heavy atom. The van der Waals surface area contributed by atoms with Crippen LogP contribution in [0.15, 0.2) is 0 Å². The average molecular weight is 188 g/mol. The van der Waals surface area contributed by atoms with E-state index in [0.717, 1.165) is 12.8 Å². The molecule has 0 bridgehead atoms. The molecule has 76 valence electrons. The summed E-state index contributed by atoms with van der Waals surface area (Å²) in [6.45, 7) is 0.359. The fourth-order valence-electron chi connectivity index (χ4n) is 2.11. The van der Waals surface area contributed by atoms with Crippen molar-refractivity contribution in [2.24, 2.45) is 0 Å². The first kappa shape index (κ1) is 9.40. The maximum absolute atomic E-state index is 9.60. The molecular formula is C9H16O4. The van der Waals surface area contributed by atoms with Gasteiger partial charge in [0.05, 0.1) is 12.2 Å². The van der Waals surface area contributed by atoms with Crippen LogP contribution in [0.5, 0.6) is 0 Å². The van der Waals surface area contributed by atoms with Gasteiger partial charge < -0.3 is 19.3 Å². The Hall–Kier alpha value is -0.160. The van der Waals surface area contributed by atoms with E-state index in [0.29, 0.717) is 6.61 Å². The molecule has 1 spiro atoms. The third kappa shape index (κ3) is 1.38. The lowest BCUT2D eigenvalue weighted by molar-refractivity contribution is -0.215. The highest BCUT2D eigenvalue weighted by atomic mass is 16.6. The summed E-state index contributed by atoms with van der Waals surface area (Å²) in [4.78, 5) is 0. The first-order valence-corrected chi connectivity index (χ1v) is 4.61. The molecule has 4 nitrogen and oxygen atoms in total.